The molecule has 1 aromatic heterocycles. The van der Waals surface area contributed by atoms with E-state index < -0.39 is 5.60 Å². The highest BCUT2D eigenvalue weighted by molar-refractivity contribution is 5.77. The minimum atomic E-state index is -0.411. The van der Waals surface area contributed by atoms with E-state index >= 15 is 0 Å². The molecule has 2 atom stereocenters. The van der Waals surface area contributed by atoms with E-state index in [1.807, 2.05) is 33.9 Å². The fraction of sp³-hybridized carbons (Fsp3) is 0.750. The Balaban J connectivity index is 1.94. The standard InChI is InChI=1S/C12H19N3O2/c1-5-15-7-10(13-14-15)8-6-9(8)11(16)17-12(2,3)4/h7-9H,5-6H2,1-4H3/t8-,9?/m0/s1. The monoisotopic (exact) mass is 237 g/mol. The number of aryl methyl sites for hydroxylation is 1. The molecule has 0 aliphatic heterocycles. The summed E-state index contributed by atoms with van der Waals surface area (Å²) in [4.78, 5) is 11.8. The molecule has 1 heterocycles. The molecule has 5 heteroatoms. The van der Waals surface area contributed by atoms with Gasteiger partial charge in [-0.2, -0.15) is 0 Å². The number of ether oxygens (including phenoxy) is 1. The Morgan fingerprint density at radius 2 is 2.29 bits per heavy atom. The number of nitrogens with zero attached hydrogens (tertiary/aromatic N) is 3. The first-order valence-corrected chi connectivity index (χ1v) is 6.03. The van der Waals surface area contributed by atoms with Crippen molar-refractivity contribution in [2.75, 3.05) is 0 Å². The van der Waals surface area contributed by atoms with Gasteiger partial charge in [-0.15, -0.1) is 5.10 Å². The third-order valence-electron chi connectivity index (χ3n) is 2.76. The van der Waals surface area contributed by atoms with Gasteiger partial charge in [0.2, 0.25) is 0 Å². The van der Waals surface area contributed by atoms with E-state index in [2.05, 4.69) is 10.3 Å². The van der Waals surface area contributed by atoms with E-state index in [1.54, 1.807) is 4.68 Å². The summed E-state index contributed by atoms with van der Waals surface area (Å²) in [5, 5.41) is 8.06. The van der Waals surface area contributed by atoms with Crippen LogP contribution in [0, 0.1) is 5.92 Å². The molecule has 1 aromatic rings. The van der Waals surface area contributed by atoms with Gasteiger partial charge in [-0.25, -0.2) is 0 Å². The number of carbonyl (C=O) groups is 1. The molecular formula is C12H19N3O2. The summed E-state index contributed by atoms with van der Waals surface area (Å²) in [6.07, 6.45) is 2.74. The molecule has 94 valence electrons. The maximum Gasteiger partial charge on any atom is 0.310 e. The first-order chi connectivity index (χ1) is 7.90. The van der Waals surface area contributed by atoms with E-state index in [1.165, 1.54) is 0 Å². The summed E-state index contributed by atoms with van der Waals surface area (Å²) in [7, 11) is 0. The molecule has 0 spiro atoms. The molecule has 1 unspecified atom stereocenters. The van der Waals surface area contributed by atoms with E-state index in [-0.39, 0.29) is 17.8 Å². The number of hydrogen-bond acceptors (Lipinski definition) is 4. The van der Waals surface area contributed by atoms with Crippen LogP contribution in [-0.2, 0) is 16.1 Å². The summed E-state index contributed by atoms with van der Waals surface area (Å²) in [6.45, 7) is 8.47. The zero-order valence-corrected chi connectivity index (χ0v) is 10.8. The van der Waals surface area contributed by atoms with Crippen molar-refractivity contribution in [3.05, 3.63) is 11.9 Å². The molecule has 1 fully saturated rings. The van der Waals surface area contributed by atoms with Crippen molar-refractivity contribution in [2.45, 2.75) is 52.2 Å². The molecule has 0 amide bonds. The Hall–Kier alpha value is -1.39. The second-order valence-corrected chi connectivity index (χ2v) is 5.48. The molecule has 0 saturated heterocycles. The first-order valence-electron chi connectivity index (χ1n) is 6.03. The van der Waals surface area contributed by atoms with Crippen LogP contribution in [0.25, 0.3) is 0 Å². The summed E-state index contributed by atoms with van der Waals surface area (Å²) in [6, 6.07) is 0. The average Bonchev–Trinajstić information content (AvgIpc) is 2.87. The molecular weight excluding hydrogens is 218 g/mol. The predicted octanol–water partition coefficient (Wildman–Crippen LogP) is 1.74. The lowest BCUT2D eigenvalue weighted by molar-refractivity contribution is -0.156. The van der Waals surface area contributed by atoms with E-state index in [4.69, 9.17) is 4.74 Å². The Kier molecular flexibility index (Phi) is 2.93. The fourth-order valence-corrected chi connectivity index (χ4v) is 1.80. The largest absolute Gasteiger partial charge is 0.460 e. The lowest BCUT2D eigenvalue weighted by atomic mass is 10.2. The van der Waals surface area contributed by atoms with Crippen molar-refractivity contribution < 1.29 is 9.53 Å². The van der Waals surface area contributed by atoms with Crippen molar-refractivity contribution in [3.63, 3.8) is 0 Å². The van der Waals surface area contributed by atoms with Crippen LogP contribution in [0.4, 0.5) is 0 Å². The van der Waals surface area contributed by atoms with Crippen molar-refractivity contribution in [3.8, 4) is 0 Å². The summed E-state index contributed by atoms with van der Waals surface area (Å²) < 4.78 is 7.13. The minimum absolute atomic E-state index is 0.0313. The molecule has 0 N–H and O–H groups in total. The Labute approximate surface area is 101 Å². The molecule has 1 aliphatic carbocycles. The predicted molar refractivity (Wildman–Crippen MR) is 62.4 cm³/mol. The molecule has 0 aromatic carbocycles. The summed E-state index contributed by atoms with van der Waals surface area (Å²) in [5.41, 5.74) is 0.494. The highest BCUT2D eigenvalue weighted by atomic mass is 16.6. The van der Waals surface area contributed by atoms with Gasteiger partial charge in [0.25, 0.3) is 0 Å². The van der Waals surface area contributed by atoms with Crippen LogP contribution >= 0.6 is 0 Å². The zero-order chi connectivity index (χ0) is 12.6. The number of hydrogen-bond donors (Lipinski definition) is 0. The van der Waals surface area contributed by atoms with Gasteiger partial charge < -0.3 is 4.74 Å². The first kappa shape index (κ1) is 12.1. The van der Waals surface area contributed by atoms with Gasteiger partial charge in [-0.3, -0.25) is 9.48 Å². The quantitative estimate of drug-likeness (QED) is 0.751. The van der Waals surface area contributed by atoms with Crippen molar-refractivity contribution in [1.82, 2.24) is 15.0 Å². The Morgan fingerprint density at radius 3 is 2.82 bits per heavy atom. The molecule has 17 heavy (non-hydrogen) atoms. The van der Waals surface area contributed by atoms with E-state index in [9.17, 15) is 4.79 Å². The number of carbonyl (C=O) groups excluding carboxylic acids is 1. The maximum atomic E-state index is 11.8. The SMILES string of the molecule is CCn1cc([C@H]2CC2C(=O)OC(C)(C)C)nn1. The smallest absolute Gasteiger partial charge is 0.310 e. The number of rotatable bonds is 3. The Bertz CT molecular complexity index is 420. The normalized spacial score (nSPS) is 23.5. The molecule has 1 aliphatic rings. The van der Waals surface area contributed by atoms with Crippen molar-refractivity contribution in [1.29, 1.82) is 0 Å². The molecule has 5 nitrogen and oxygen atoms in total. The van der Waals surface area contributed by atoms with Gasteiger partial charge in [0.15, 0.2) is 0 Å². The van der Waals surface area contributed by atoms with Gasteiger partial charge in [0, 0.05) is 18.7 Å². The second kappa shape index (κ2) is 4.13. The summed E-state index contributed by atoms with van der Waals surface area (Å²) in [5.74, 6) is 0.0509. The third kappa shape index (κ3) is 2.84. The van der Waals surface area contributed by atoms with Gasteiger partial charge in [-0.05, 0) is 34.1 Å². The van der Waals surface area contributed by atoms with Gasteiger partial charge in [0.1, 0.15) is 5.60 Å². The van der Waals surface area contributed by atoms with Crippen LogP contribution in [0.2, 0.25) is 0 Å². The highest BCUT2D eigenvalue weighted by Crippen LogP contribution is 2.47. The van der Waals surface area contributed by atoms with Crippen molar-refractivity contribution >= 4 is 5.97 Å². The lowest BCUT2D eigenvalue weighted by Gasteiger charge is -2.19. The van der Waals surface area contributed by atoms with E-state index in [0.717, 1.165) is 18.7 Å². The van der Waals surface area contributed by atoms with Crippen LogP contribution < -0.4 is 0 Å². The van der Waals surface area contributed by atoms with Crippen molar-refractivity contribution in [2.24, 2.45) is 5.92 Å². The Morgan fingerprint density at radius 1 is 1.59 bits per heavy atom. The minimum Gasteiger partial charge on any atom is -0.460 e. The van der Waals surface area contributed by atoms with Crippen LogP contribution in [0.15, 0.2) is 6.20 Å². The van der Waals surface area contributed by atoms with Crippen LogP contribution in [0.5, 0.6) is 0 Å². The molecule has 2 rings (SSSR count). The third-order valence-corrected chi connectivity index (χ3v) is 2.76. The van der Waals surface area contributed by atoms with Crippen LogP contribution in [0.3, 0.4) is 0 Å². The van der Waals surface area contributed by atoms with Crippen LogP contribution in [0.1, 0.15) is 45.7 Å². The average molecular weight is 237 g/mol. The van der Waals surface area contributed by atoms with Gasteiger partial charge in [-0.1, -0.05) is 5.21 Å². The fourth-order valence-electron chi connectivity index (χ4n) is 1.80. The highest BCUT2D eigenvalue weighted by Gasteiger charge is 2.47. The maximum absolute atomic E-state index is 11.8. The van der Waals surface area contributed by atoms with Crippen LogP contribution in [-0.4, -0.2) is 26.6 Å². The zero-order valence-electron chi connectivity index (χ0n) is 10.8. The molecule has 1 saturated carbocycles. The van der Waals surface area contributed by atoms with E-state index in [0.29, 0.717) is 0 Å². The van der Waals surface area contributed by atoms with Gasteiger partial charge >= 0.3 is 5.97 Å². The number of aromatic nitrogens is 3. The summed E-state index contributed by atoms with van der Waals surface area (Å²) >= 11 is 0. The topological polar surface area (TPSA) is 57.0 Å². The lowest BCUT2D eigenvalue weighted by Crippen LogP contribution is -2.25. The molecule has 0 bridgehead atoms. The molecule has 0 radical (unpaired) electrons. The number of esters is 1. The second-order valence-electron chi connectivity index (χ2n) is 5.48. The van der Waals surface area contributed by atoms with Gasteiger partial charge in [0.05, 0.1) is 11.6 Å².